The van der Waals surface area contributed by atoms with Crippen LogP contribution in [0, 0.1) is 19.8 Å². The largest absolute Gasteiger partial charge is 0.381 e. The van der Waals surface area contributed by atoms with Crippen molar-refractivity contribution in [1.82, 2.24) is 15.0 Å². The van der Waals surface area contributed by atoms with Gasteiger partial charge < -0.3 is 14.2 Å². The van der Waals surface area contributed by atoms with Gasteiger partial charge in [0.05, 0.1) is 5.69 Å². The maximum atomic E-state index is 12.8. The number of ether oxygens (including phenoxy) is 1. The van der Waals surface area contributed by atoms with Crippen LogP contribution in [0.15, 0.2) is 22.9 Å². The predicted octanol–water partition coefficient (Wildman–Crippen LogP) is 3.88. The van der Waals surface area contributed by atoms with Gasteiger partial charge in [-0.3, -0.25) is 9.78 Å². The minimum atomic E-state index is 0.295. The minimum Gasteiger partial charge on any atom is -0.381 e. The summed E-state index contributed by atoms with van der Waals surface area (Å²) >= 11 is 0. The van der Waals surface area contributed by atoms with Crippen molar-refractivity contribution < 1.29 is 14.1 Å². The van der Waals surface area contributed by atoms with Crippen LogP contribution >= 0.6 is 0 Å². The number of piperidine rings is 1. The summed E-state index contributed by atoms with van der Waals surface area (Å²) in [4.78, 5) is 19.6. The third-order valence-electron chi connectivity index (χ3n) is 6.10. The molecule has 1 amide bonds. The highest BCUT2D eigenvalue weighted by Crippen LogP contribution is 2.30. The highest BCUT2D eigenvalue weighted by Gasteiger charge is 2.27. The number of carbonyl (C=O) groups is 1. The van der Waals surface area contributed by atoms with Crippen LogP contribution in [0.5, 0.6) is 0 Å². The van der Waals surface area contributed by atoms with E-state index in [1.165, 1.54) is 0 Å². The van der Waals surface area contributed by atoms with Crippen molar-refractivity contribution in [3.8, 4) is 11.1 Å². The number of hydrogen-bond donors (Lipinski definition) is 0. The summed E-state index contributed by atoms with van der Waals surface area (Å²) in [7, 11) is 0. The van der Waals surface area contributed by atoms with E-state index in [9.17, 15) is 4.79 Å². The summed E-state index contributed by atoms with van der Waals surface area (Å²) in [5.74, 6) is 1.90. The first-order valence-corrected chi connectivity index (χ1v) is 10.4. The smallest absolute Gasteiger partial charge is 0.222 e. The molecule has 2 aliphatic heterocycles. The second-order valence-corrected chi connectivity index (χ2v) is 8.11. The number of nitrogens with zero attached hydrogens (tertiary/aromatic N) is 3. The lowest BCUT2D eigenvalue weighted by molar-refractivity contribution is -0.134. The Morgan fingerprint density at radius 1 is 1.21 bits per heavy atom. The van der Waals surface area contributed by atoms with Crippen LogP contribution in [-0.4, -0.2) is 47.3 Å². The Labute approximate surface area is 166 Å². The third kappa shape index (κ3) is 4.12. The molecule has 150 valence electrons. The van der Waals surface area contributed by atoms with E-state index in [1.54, 1.807) is 0 Å². The fourth-order valence-electron chi connectivity index (χ4n) is 4.46. The molecule has 6 heteroatoms. The van der Waals surface area contributed by atoms with Crippen molar-refractivity contribution in [2.24, 2.45) is 5.92 Å². The van der Waals surface area contributed by atoms with Gasteiger partial charge in [-0.25, -0.2) is 0 Å². The molecule has 0 spiro atoms. The fraction of sp³-hybridized carbons (Fsp3) is 0.591. The lowest BCUT2D eigenvalue weighted by atomic mass is 9.91. The van der Waals surface area contributed by atoms with Crippen LogP contribution in [0.3, 0.4) is 0 Å². The first kappa shape index (κ1) is 19.1. The normalized spacial score (nSPS) is 21.1. The number of hydrogen-bond acceptors (Lipinski definition) is 5. The average molecular weight is 383 g/mol. The van der Waals surface area contributed by atoms with E-state index < -0.39 is 0 Å². The summed E-state index contributed by atoms with van der Waals surface area (Å²) in [5, 5.41) is 4.03. The van der Waals surface area contributed by atoms with Gasteiger partial charge in [0.25, 0.3) is 0 Å². The number of pyridine rings is 1. The van der Waals surface area contributed by atoms with Gasteiger partial charge in [-0.2, -0.15) is 0 Å². The molecule has 2 fully saturated rings. The van der Waals surface area contributed by atoms with Crippen LogP contribution in [0.1, 0.15) is 55.2 Å². The maximum absolute atomic E-state index is 12.8. The van der Waals surface area contributed by atoms with Gasteiger partial charge in [0, 0.05) is 61.7 Å². The van der Waals surface area contributed by atoms with Gasteiger partial charge >= 0.3 is 0 Å². The molecule has 0 N–H and O–H groups in total. The quantitative estimate of drug-likeness (QED) is 0.801. The Kier molecular flexibility index (Phi) is 5.76. The van der Waals surface area contributed by atoms with Crippen LogP contribution in [0.2, 0.25) is 0 Å². The van der Waals surface area contributed by atoms with Crippen molar-refractivity contribution in [2.75, 3.05) is 26.3 Å². The molecule has 6 nitrogen and oxygen atoms in total. The van der Waals surface area contributed by atoms with E-state index in [0.717, 1.165) is 80.3 Å². The van der Waals surface area contributed by atoms with Crippen molar-refractivity contribution >= 4 is 5.91 Å². The highest BCUT2D eigenvalue weighted by molar-refractivity contribution is 5.76. The number of rotatable bonds is 4. The summed E-state index contributed by atoms with van der Waals surface area (Å²) in [6.45, 7) is 7.11. The van der Waals surface area contributed by atoms with Gasteiger partial charge in [0.2, 0.25) is 5.91 Å². The molecule has 0 bridgehead atoms. The Morgan fingerprint density at radius 2 is 2.04 bits per heavy atom. The number of likely N-dealkylation sites (tertiary alicyclic amines) is 1. The van der Waals surface area contributed by atoms with E-state index in [1.807, 2.05) is 24.9 Å². The van der Waals surface area contributed by atoms with Crippen molar-refractivity contribution in [3.05, 3.63) is 35.5 Å². The first-order valence-electron chi connectivity index (χ1n) is 10.4. The summed E-state index contributed by atoms with van der Waals surface area (Å²) in [6, 6.07) is 4.19. The Morgan fingerprint density at radius 3 is 2.71 bits per heavy atom. The zero-order valence-electron chi connectivity index (χ0n) is 16.8. The lowest BCUT2D eigenvalue weighted by Crippen LogP contribution is -2.40. The van der Waals surface area contributed by atoms with Gasteiger partial charge in [-0.1, -0.05) is 11.2 Å². The molecular formula is C22H29N3O3. The van der Waals surface area contributed by atoms with Crippen LogP contribution in [0.25, 0.3) is 11.1 Å². The van der Waals surface area contributed by atoms with Crippen molar-refractivity contribution in [3.63, 3.8) is 0 Å². The lowest BCUT2D eigenvalue weighted by Gasteiger charge is -2.34. The third-order valence-corrected chi connectivity index (χ3v) is 6.10. The van der Waals surface area contributed by atoms with Gasteiger partial charge in [-0.15, -0.1) is 0 Å². The molecule has 2 aromatic rings. The van der Waals surface area contributed by atoms with E-state index in [2.05, 4.69) is 17.3 Å². The zero-order chi connectivity index (χ0) is 19.5. The molecular weight excluding hydrogens is 354 g/mol. The standard InChI is InChI=1S/C22H29N3O3/c1-15-22(16(2)28-24-15)18-5-6-20(23-13-18)19-4-3-9-25(14-19)21(26)12-17-7-10-27-11-8-17/h5-6,13,17,19H,3-4,7-12,14H2,1-2H3/t19-/m0/s1. The monoisotopic (exact) mass is 383 g/mol. The molecule has 0 radical (unpaired) electrons. The second-order valence-electron chi connectivity index (χ2n) is 8.11. The van der Waals surface area contributed by atoms with Crippen molar-refractivity contribution in [2.45, 2.75) is 51.9 Å². The molecule has 2 aliphatic rings. The van der Waals surface area contributed by atoms with E-state index in [0.29, 0.717) is 24.2 Å². The topological polar surface area (TPSA) is 68.5 Å². The highest BCUT2D eigenvalue weighted by atomic mass is 16.5. The van der Waals surface area contributed by atoms with Crippen LogP contribution in [-0.2, 0) is 9.53 Å². The fourth-order valence-corrected chi connectivity index (χ4v) is 4.46. The van der Waals surface area contributed by atoms with Gasteiger partial charge in [0.1, 0.15) is 5.76 Å². The summed E-state index contributed by atoms with van der Waals surface area (Å²) in [5.41, 5.74) is 4.01. The van der Waals surface area contributed by atoms with Crippen molar-refractivity contribution in [1.29, 1.82) is 0 Å². The van der Waals surface area contributed by atoms with E-state index in [-0.39, 0.29) is 0 Å². The molecule has 4 heterocycles. The van der Waals surface area contributed by atoms with Crippen LogP contribution in [0.4, 0.5) is 0 Å². The first-order chi connectivity index (χ1) is 13.6. The molecule has 0 aliphatic carbocycles. The van der Waals surface area contributed by atoms with E-state index >= 15 is 0 Å². The number of amides is 1. The Balaban J connectivity index is 1.41. The Hall–Kier alpha value is -2.21. The maximum Gasteiger partial charge on any atom is 0.222 e. The predicted molar refractivity (Wildman–Crippen MR) is 106 cm³/mol. The molecule has 2 aromatic heterocycles. The minimum absolute atomic E-state index is 0.295. The molecule has 0 unspecified atom stereocenters. The molecule has 4 rings (SSSR count). The SMILES string of the molecule is Cc1noc(C)c1-c1ccc([C@H]2CCCN(C(=O)CC3CCOCC3)C2)nc1. The molecule has 1 atom stereocenters. The Bertz CT molecular complexity index is 789. The number of aryl methyl sites for hydroxylation is 2. The van der Waals surface area contributed by atoms with E-state index in [4.69, 9.17) is 14.2 Å². The second kappa shape index (κ2) is 8.43. The van der Waals surface area contributed by atoms with Gasteiger partial charge in [0.15, 0.2) is 0 Å². The summed E-state index contributed by atoms with van der Waals surface area (Å²) < 4.78 is 10.7. The van der Waals surface area contributed by atoms with Gasteiger partial charge in [-0.05, 0) is 51.5 Å². The summed E-state index contributed by atoms with van der Waals surface area (Å²) in [6.07, 6.45) is 6.71. The molecule has 0 aromatic carbocycles. The molecule has 28 heavy (non-hydrogen) atoms. The zero-order valence-corrected chi connectivity index (χ0v) is 16.8. The average Bonchev–Trinajstić information content (AvgIpc) is 3.07. The molecule has 2 saturated heterocycles. The number of carbonyl (C=O) groups excluding carboxylic acids is 1. The number of aromatic nitrogens is 2. The molecule has 0 saturated carbocycles. The van der Waals surface area contributed by atoms with Crippen LogP contribution < -0.4 is 0 Å².